The molecule has 0 spiro atoms. The molecule has 21 heavy (non-hydrogen) atoms. The minimum atomic E-state index is -3.70. The van der Waals surface area contributed by atoms with Crippen LogP contribution in [0.25, 0.3) is 0 Å². The van der Waals surface area contributed by atoms with Crippen molar-refractivity contribution in [2.24, 2.45) is 5.14 Å². The van der Waals surface area contributed by atoms with Crippen LogP contribution in [0.3, 0.4) is 0 Å². The molecule has 1 aliphatic heterocycles. The van der Waals surface area contributed by atoms with E-state index in [4.69, 9.17) is 9.88 Å². The van der Waals surface area contributed by atoms with E-state index >= 15 is 0 Å². The first-order valence-electron chi connectivity index (χ1n) is 6.64. The van der Waals surface area contributed by atoms with Gasteiger partial charge >= 0.3 is 6.03 Å². The van der Waals surface area contributed by atoms with Crippen LogP contribution in [0.15, 0.2) is 29.2 Å². The zero-order valence-electron chi connectivity index (χ0n) is 11.7. The Morgan fingerprint density at radius 2 is 2.05 bits per heavy atom. The number of carbonyl (C=O) groups is 1. The monoisotopic (exact) mass is 313 g/mol. The van der Waals surface area contributed by atoms with E-state index in [1.807, 2.05) is 6.92 Å². The van der Waals surface area contributed by atoms with E-state index in [0.29, 0.717) is 13.2 Å². The van der Waals surface area contributed by atoms with Crippen LogP contribution in [-0.4, -0.2) is 33.7 Å². The smallest absolute Gasteiger partial charge is 0.315 e. The summed E-state index contributed by atoms with van der Waals surface area (Å²) < 4.78 is 27.5. The van der Waals surface area contributed by atoms with Gasteiger partial charge in [0.2, 0.25) is 10.0 Å². The Morgan fingerprint density at radius 3 is 2.57 bits per heavy atom. The molecule has 1 aliphatic rings. The first kappa shape index (κ1) is 15.7. The van der Waals surface area contributed by atoms with Crippen LogP contribution in [0.5, 0.6) is 0 Å². The molecule has 1 fully saturated rings. The van der Waals surface area contributed by atoms with Gasteiger partial charge in [0.25, 0.3) is 0 Å². The van der Waals surface area contributed by atoms with Crippen LogP contribution in [0, 0.1) is 0 Å². The van der Waals surface area contributed by atoms with Crippen molar-refractivity contribution >= 4 is 16.1 Å². The maximum absolute atomic E-state index is 11.8. The molecule has 0 saturated carbocycles. The Balaban J connectivity index is 1.93. The number of nitrogens with two attached hydrogens (primary N) is 1. The van der Waals surface area contributed by atoms with Crippen molar-refractivity contribution in [3.05, 3.63) is 29.8 Å². The van der Waals surface area contributed by atoms with Crippen LogP contribution in [0.4, 0.5) is 4.79 Å². The number of hydrogen-bond acceptors (Lipinski definition) is 4. The van der Waals surface area contributed by atoms with Crippen molar-refractivity contribution in [2.75, 3.05) is 13.2 Å². The third kappa shape index (κ3) is 4.42. The van der Waals surface area contributed by atoms with E-state index in [0.717, 1.165) is 12.0 Å². The van der Waals surface area contributed by atoms with Crippen LogP contribution in [0.2, 0.25) is 0 Å². The normalized spacial score (nSPS) is 20.0. The number of carbonyl (C=O) groups excluding carboxylic acids is 1. The number of hydrogen-bond donors (Lipinski definition) is 3. The second kappa shape index (κ2) is 6.42. The zero-order chi connectivity index (χ0) is 15.5. The standard InChI is InChI=1S/C13H19N3O4S/c1-9(15-13(17)16-11-6-7-20-8-11)10-2-4-12(5-3-10)21(14,18)19/h2-5,9,11H,6-8H2,1H3,(H2,14,18,19)(H2,15,16,17). The van der Waals surface area contributed by atoms with Gasteiger partial charge in [0, 0.05) is 6.61 Å². The average molecular weight is 313 g/mol. The Morgan fingerprint density at radius 1 is 1.38 bits per heavy atom. The molecule has 0 bridgehead atoms. The van der Waals surface area contributed by atoms with Crippen molar-refractivity contribution in [3.63, 3.8) is 0 Å². The van der Waals surface area contributed by atoms with Crippen LogP contribution in [-0.2, 0) is 14.8 Å². The number of amides is 2. The van der Waals surface area contributed by atoms with Gasteiger partial charge in [0.15, 0.2) is 0 Å². The summed E-state index contributed by atoms with van der Waals surface area (Å²) in [7, 11) is -3.70. The summed E-state index contributed by atoms with van der Waals surface area (Å²) in [6, 6.07) is 5.63. The lowest BCUT2D eigenvalue weighted by molar-refractivity contribution is 0.188. The summed E-state index contributed by atoms with van der Waals surface area (Å²) in [5, 5.41) is 10.7. The number of sulfonamides is 1. The molecular formula is C13H19N3O4S. The molecule has 7 nitrogen and oxygen atoms in total. The van der Waals surface area contributed by atoms with Crippen LogP contribution < -0.4 is 15.8 Å². The van der Waals surface area contributed by atoms with Crippen molar-refractivity contribution in [2.45, 2.75) is 30.3 Å². The fourth-order valence-corrected chi connectivity index (χ4v) is 2.62. The number of urea groups is 1. The van der Waals surface area contributed by atoms with Crippen molar-refractivity contribution in [3.8, 4) is 0 Å². The lowest BCUT2D eigenvalue weighted by Gasteiger charge is -2.17. The number of rotatable bonds is 4. The number of primary sulfonamides is 1. The van der Waals surface area contributed by atoms with Gasteiger partial charge in [-0.3, -0.25) is 0 Å². The molecule has 116 valence electrons. The highest BCUT2D eigenvalue weighted by atomic mass is 32.2. The molecule has 1 saturated heterocycles. The Hall–Kier alpha value is -1.64. The predicted octanol–water partition coefficient (Wildman–Crippen LogP) is 0.483. The average Bonchev–Trinajstić information content (AvgIpc) is 2.90. The minimum Gasteiger partial charge on any atom is -0.379 e. The lowest BCUT2D eigenvalue weighted by Crippen LogP contribution is -2.43. The Kier molecular flexibility index (Phi) is 4.81. The van der Waals surface area contributed by atoms with E-state index in [-0.39, 0.29) is 23.0 Å². The first-order valence-corrected chi connectivity index (χ1v) is 8.18. The number of ether oxygens (including phenoxy) is 1. The van der Waals surface area contributed by atoms with E-state index in [2.05, 4.69) is 10.6 Å². The maximum Gasteiger partial charge on any atom is 0.315 e. The van der Waals surface area contributed by atoms with Crippen LogP contribution >= 0.6 is 0 Å². The minimum absolute atomic E-state index is 0.0435. The highest BCUT2D eigenvalue weighted by molar-refractivity contribution is 7.89. The van der Waals surface area contributed by atoms with Crippen LogP contribution in [0.1, 0.15) is 24.9 Å². The van der Waals surface area contributed by atoms with Gasteiger partial charge in [-0.15, -0.1) is 0 Å². The lowest BCUT2D eigenvalue weighted by atomic mass is 10.1. The summed E-state index contributed by atoms with van der Waals surface area (Å²) in [5.41, 5.74) is 0.792. The highest BCUT2D eigenvalue weighted by Crippen LogP contribution is 2.15. The van der Waals surface area contributed by atoms with Gasteiger partial charge in [0.05, 0.1) is 23.6 Å². The summed E-state index contributed by atoms with van der Waals surface area (Å²) >= 11 is 0. The third-order valence-corrected chi connectivity index (χ3v) is 4.25. The van der Waals surface area contributed by atoms with E-state index in [9.17, 15) is 13.2 Å². The van der Waals surface area contributed by atoms with Gasteiger partial charge in [0.1, 0.15) is 0 Å². The van der Waals surface area contributed by atoms with Crippen molar-refractivity contribution < 1.29 is 17.9 Å². The predicted molar refractivity (Wildman–Crippen MR) is 77.1 cm³/mol. The van der Waals surface area contributed by atoms with E-state index in [1.54, 1.807) is 12.1 Å². The molecule has 4 N–H and O–H groups in total. The molecule has 1 aromatic rings. The Bertz CT molecular complexity index is 594. The van der Waals surface area contributed by atoms with Gasteiger partial charge in [-0.1, -0.05) is 12.1 Å². The summed E-state index contributed by atoms with van der Waals surface area (Å²) in [6.07, 6.45) is 0.810. The van der Waals surface area contributed by atoms with Gasteiger partial charge < -0.3 is 15.4 Å². The molecule has 0 radical (unpaired) electrons. The molecule has 0 aliphatic carbocycles. The van der Waals surface area contributed by atoms with E-state index in [1.165, 1.54) is 12.1 Å². The van der Waals surface area contributed by atoms with Crippen molar-refractivity contribution in [1.29, 1.82) is 0 Å². The second-order valence-electron chi connectivity index (χ2n) is 5.01. The largest absolute Gasteiger partial charge is 0.379 e. The third-order valence-electron chi connectivity index (χ3n) is 3.32. The molecular weight excluding hydrogens is 294 g/mol. The summed E-state index contributed by atoms with van der Waals surface area (Å²) in [6.45, 7) is 3.01. The molecule has 2 rings (SSSR count). The number of nitrogens with one attached hydrogen (secondary N) is 2. The van der Waals surface area contributed by atoms with E-state index < -0.39 is 10.0 Å². The fourth-order valence-electron chi connectivity index (χ4n) is 2.10. The zero-order valence-corrected chi connectivity index (χ0v) is 12.5. The quantitative estimate of drug-likeness (QED) is 0.751. The molecule has 2 atom stereocenters. The molecule has 2 unspecified atom stereocenters. The molecule has 8 heteroatoms. The summed E-state index contributed by atoms with van der Waals surface area (Å²) in [4.78, 5) is 11.9. The topological polar surface area (TPSA) is 111 Å². The maximum atomic E-state index is 11.8. The second-order valence-corrected chi connectivity index (χ2v) is 6.58. The molecule has 1 heterocycles. The molecule has 0 aromatic heterocycles. The van der Waals surface area contributed by atoms with Gasteiger partial charge in [-0.05, 0) is 31.0 Å². The molecule has 2 amide bonds. The molecule has 1 aromatic carbocycles. The SMILES string of the molecule is CC(NC(=O)NC1CCOC1)c1ccc(S(N)(=O)=O)cc1. The first-order chi connectivity index (χ1) is 9.86. The number of benzene rings is 1. The van der Waals surface area contributed by atoms with Crippen molar-refractivity contribution in [1.82, 2.24) is 10.6 Å². The van der Waals surface area contributed by atoms with Gasteiger partial charge in [-0.2, -0.15) is 0 Å². The fraction of sp³-hybridized carbons (Fsp3) is 0.462. The Labute approximate surface area is 123 Å². The summed E-state index contributed by atoms with van der Waals surface area (Å²) in [5.74, 6) is 0. The van der Waals surface area contributed by atoms with Gasteiger partial charge in [-0.25, -0.2) is 18.4 Å². The highest BCUT2D eigenvalue weighted by Gasteiger charge is 2.19.